The van der Waals surface area contributed by atoms with Crippen LogP contribution in [-0.2, 0) is 11.2 Å². The number of rotatable bonds is 4. The van der Waals surface area contributed by atoms with Crippen molar-refractivity contribution in [3.63, 3.8) is 0 Å². The minimum absolute atomic E-state index is 0.0112. The van der Waals surface area contributed by atoms with Crippen LogP contribution in [0.15, 0.2) is 41.8 Å². The largest absolute Gasteiger partial charge is 0.860 e. The Labute approximate surface area is 113 Å². The minimum atomic E-state index is -0.236. The molecule has 2 N–H and O–H groups in total. The van der Waals surface area contributed by atoms with Crippen LogP contribution in [0, 0.1) is 0 Å². The average Bonchev–Trinajstić information content (AvgIpc) is 2.40. The summed E-state index contributed by atoms with van der Waals surface area (Å²) >= 11 is 0. The highest BCUT2D eigenvalue weighted by Crippen LogP contribution is 2.12. The molecule has 0 spiro atoms. The fourth-order valence-electron chi connectivity index (χ4n) is 2.23. The van der Waals surface area contributed by atoms with Gasteiger partial charge in [0, 0.05) is 18.2 Å². The molecule has 0 aliphatic carbocycles. The summed E-state index contributed by atoms with van der Waals surface area (Å²) in [6, 6.07) is 10.00. The molecule has 0 bridgehead atoms. The van der Waals surface area contributed by atoms with Crippen molar-refractivity contribution < 1.29 is 9.90 Å². The van der Waals surface area contributed by atoms with E-state index in [2.05, 4.69) is 10.6 Å². The second-order valence-electron chi connectivity index (χ2n) is 4.90. The van der Waals surface area contributed by atoms with Crippen LogP contribution in [0.4, 0.5) is 0 Å². The highest BCUT2D eigenvalue weighted by Gasteiger charge is 2.16. The van der Waals surface area contributed by atoms with E-state index in [-0.39, 0.29) is 17.8 Å². The third-order valence-electron chi connectivity index (χ3n) is 3.20. The third kappa shape index (κ3) is 3.74. The third-order valence-corrected chi connectivity index (χ3v) is 3.20. The van der Waals surface area contributed by atoms with Gasteiger partial charge in [-0.3, -0.25) is 4.79 Å². The molecule has 1 heterocycles. The molecular weight excluding hydrogens is 240 g/mol. The summed E-state index contributed by atoms with van der Waals surface area (Å²) in [5, 5.41) is 17.2. The molecule has 1 aliphatic rings. The summed E-state index contributed by atoms with van der Waals surface area (Å²) in [7, 11) is 0. The van der Waals surface area contributed by atoms with E-state index in [4.69, 9.17) is 0 Å². The molecule has 0 saturated carbocycles. The predicted octanol–water partition coefficient (Wildman–Crippen LogP) is 0.689. The number of nitrogens with one attached hydrogen (secondary N) is 2. The van der Waals surface area contributed by atoms with E-state index in [1.54, 1.807) is 0 Å². The maximum absolute atomic E-state index is 12.0. The second-order valence-corrected chi connectivity index (χ2v) is 4.90. The van der Waals surface area contributed by atoms with Gasteiger partial charge in [0.05, 0.1) is 0 Å². The van der Waals surface area contributed by atoms with Crippen molar-refractivity contribution >= 4 is 5.91 Å². The van der Waals surface area contributed by atoms with Gasteiger partial charge in [0.25, 0.3) is 0 Å². The molecule has 0 aromatic heterocycles. The number of benzene rings is 1. The molecule has 0 fully saturated rings. The molecule has 1 aromatic rings. The number of amides is 1. The van der Waals surface area contributed by atoms with Gasteiger partial charge in [-0.2, -0.15) is 0 Å². The summed E-state index contributed by atoms with van der Waals surface area (Å²) in [5.41, 5.74) is 1.53. The second kappa shape index (κ2) is 6.27. The molecule has 19 heavy (non-hydrogen) atoms. The van der Waals surface area contributed by atoms with Gasteiger partial charge >= 0.3 is 0 Å². The fraction of sp³-hybridized carbons (Fsp3) is 0.400. The van der Waals surface area contributed by atoms with Gasteiger partial charge in [0.1, 0.15) is 0 Å². The molecule has 4 nitrogen and oxygen atoms in total. The van der Waals surface area contributed by atoms with Gasteiger partial charge in [-0.15, -0.1) is 0 Å². The van der Waals surface area contributed by atoms with Gasteiger partial charge < -0.3 is 15.7 Å². The molecule has 1 unspecified atom stereocenters. The Morgan fingerprint density at radius 1 is 1.42 bits per heavy atom. The van der Waals surface area contributed by atoms with E-state index in [0.717, 1.165) is 12.8 Å². The zero-order valence-electron chi connectivity index (χ0n) is 11.1. The number of hydrogen-bond donors (Lipinski definition) is 2. The zero-order valence-corrected chi connectivity index (χ0v) is 11.1. The Hall–Kier alpha value is -1.97. The van der Waals surface area contributed by atoms with Gasteiger partial charge in [-0.1, -0.05) is 30.3 Å². The first-order chi connectivity index (χ1) is 9.16. The molecule has 0 radical (unpaired) electrons. The SMILES string of the molecule is CC(Cc1ccccc1)NC(=O)C1=C([O-])NCCC1. The van der Waals surface area contributed by atoms with Crippen molar-refractivity contribution in [2.45, 2.75) is 32.2 Å². The number of carbonyl (C=O) groups excluding carboxylic acids is 1. The van der Waals surface area contributed by atoms with Gasteiger partial charge in [0.15, 0.2) is 0 Å². The molecule has 1 aliphatic heterocycles. The molecular formula is C15H19N2O2-. The van der Waals surface area contributed by atoms with Crippen LogP contribution in [0.5, 0.6) is 0 Å². The fourth-order valence-corrected chi connectivity index (χ4v) is 2.23. The van der Waals surface area contributed by atoms with Crippen molar-refractivity contribution in [2.24, 2.45) is 0 Å². The lowest BCUT2D eigenvalue weighted by Gasteiger charge is -2.26. The highest BCUT2D eigenvalue weighted by molar-refractivity contribution is 5.94. The standard InChI is InChI=1S/C15H20N2O2/c1-11(10-12-6-3-2-4-7-12)17-15(19)13-8-5-9-16-14(13)18/h2-4,6-7,11,16,18H,5,8-10H2,1H3,(H,17,19)/p-1. The number of hydrogen-bond acceptors (Lipinski definition) is 3. The van der Waals surface area contributed by atoms with Crippen molar-refractivity contribution in [2.75, 3.05) is 6.54 Å². The van der Waals surface area contributed by atoms with Crippen LogP contribution in [0.25, 0.3) is 0 Å². The summed E-state index contributed by atoms with van der Waals surface area (Å²) in [6.07, 6.45) is 2.17. The Morgan fingerprint density at radius 2 is 2.16 bits per heavy atom. The van der Waals surface area contributed by atoms with Gasteiger partial charge in [0.2, 0.25) is 5.91 Å². The van der Waals surface area contributed by atoms with Crippen LogP contribution in [0.3, 0.4) is 0 Å². The normalized spacial score (nSPS) is 16.7. The van der Waals surface area contributed by atoms with Crippen LogP contribution in [-0.4, -0.2) is 18.5 Å². The lowest BCUT2D eigenvalue weighted by molar-refractivity contribution is -0.314. The molecule has 2 rings (SSSR count). The first kappa shape index (κ1) is 13.5. The van der Waals surface area contributed by atoms with E-state index in [9.17, 15) is 9.90 Å². The van der Waals surface area contributed by atoms with Gasteiger partial charge in [-0.25, -0.2) is 0 Å². The first-order valence-corrected chi connectivity index (χ1v) is 6.65. The van der Waals surface area contributed by atoms with E-state index < -0.39 is 0 Å². The van der Waals surface area contributed by atoms with Crippen LogP contribution < -0.4 is 15.7 Å². The molecule has 1 aromatic carbocycles. The van der Waals surface area contributed by atoms with Crippen LogP contribution >= 0.6 is 0 Å². The predicted molar refractivity (Wildman–Crippen MR) is 72.0 cm³/mol. The van der Waals surface area contributed by atoms with E-state index in [0.29, 0.717) is 18.5 Å². The summed E-state index contributed by atoms with van der Waals surface area (Å²) in [5.74, 6) is -0.462. The molecule has 0 saturated heterocycles. The summed E-state index contributed by atoms with van der Waals surface area (Å²) in [4.78, 5) is 12.0. The van der Waals surface area contributed by atoms with Crippen molar-refractivity contribution in [1.82, 2.24) is 10.6 Å². The molecule has 102 valence electrons. The Morgan fingerprint density at radius 3 is 2.84 bits per heavy atom. The molecule has 1 amide bonds. The summed E-state index contributed by atoms with van der Waals surface area (Å²) in [6.45, 7) is 2.61. The van der Waals surface area contributed by atoms with Crippen molar-refractivity contribution in [3.05, 3.63) is 47.4 Å². The quantitative estimate of drug-likeness (QED) is 0.836. The summed E-state index contributed by atoms with van der Waals surface area (Å²) < 4.78 is 0. The zero-order chi connectivity index (χ0) is 13.7. The minimum Gasteiger partial charge on any atom is -0.860 e. The first-order valence-electron chi connectivity index (χ1n) is 6.65. The molecule has 1 atom stereocenters. The van der Waals surface area contributed by atoms with E-state index in [1.165, 1.54) is 5.56 Å². The van der Waals surface area contributed by atoms with E-state index in [1.807, 2.05) is 37.3 Å². The maximum atomic E-state index is 12.0. The van der Waals surface area contributed by atoms with E-state index >= 15 is 0 Å². The Balaban J connectivity index is 1.92. The van der Waals surface area contributed by atoms with Gasteiger partial charge in [-0.05, 0) is 37.6 Å². The lowest BCUT2D eigenvalue weighted by Crippen LogP contribution is -2.40. The van der Waals surface area contributed by atoms with Crippen LogP contribution in [0.1, 0.15) is 25.3 Å². The topological polar surface area (TPSA) is 64.2 Å². The average molecular weight is 259 g/mol. The monoisotopic (exact) mass is 259 g/mol. The number of carbonyl (C=O) groups is 1. The Bertz CT molecular complexity index is 468. The molecule has 4 heteroatoms. The van der Waals surface area contributed by atoms with Crippen molar-refractivity contribution in [1.29, 1.82) is 0 Å². The maximum Gasteiger partial charge on any atom is 0.248 e. The highest BCUT2D eigenvalue weighted by atomic mass is 16.3. The lowest BCUT2D eigenvalue weighted by atomic mass is 10.0. The smallest absolute Gasteiger partial charge is 0.248 e. The van der Waals surface area contributed by atoms with Crippen LogP contribution in [0.2, 0.25) is 0 Å². The Kier molecular flexibility index (Phi) is 4.44. The van der Waals surface area contributed by atoms with Crippen molar-refractivity contribution in [3.8, 4) is 0 Å².